The number of aryl methyl sites for hydroxylation is 4. The van der Waals surface area contributed by atoms with Crippen molar-refractivity contribution in [2.24, 2.45) is 0 Å². The Bertz CT molecular complexity index is 4490. The van der Waals surface area contributed by atoms with Crippen LogP contribution in [0.15, 0.2) is 232 Å². The fourth-order valence-corrected chi connectivity index (χ4v) is 9.10. The summed E-state index contributed by atoms with van der Waals surface area (Å²) >= 11 is 0. The van der Waals surface area contributed by atoms with Gasteiger partial charge in [0.1, 0.15) is 62.6 Å². The number of hydrogen-bond donors (Lipinski definition) is 0. The number of imidazole rings is 1. The monoisotopic (exact) mass is 1270 g/mol. The predicted octanol–water partition coefficient (Wildman–Crippen LogP) is 14.3. The molecule has 20 heteroatoms. The van der Waals surface area contributed by atoms with Gasteiger partial charge in [-0.05, 0) is 174 Å². The van der Waals surface area contributed by atoms with E-state index in [2.05, 4.69) is 26.9 Å². The maximum Gasteiger partial charge on any atom is 0.336 e. The number of unbranched alkanes of at least 4 members (excludes halogenated alkanes) is 4. The largest absolute Gasteiger partial charge is 0.493 e. The first kappa shape index (κ1) is 67.4. The van der Waals surface area contributed by atoms with Crippen molar-refractivity contribution in [2.75, 3.05) is 46.2 Å². The quantitative estimate of drug-likeness (QED) is 0.0327. The summed E-state index contributed by atoms with van der Waals surface area (Å²) in [7, 11) is 0. The minimum absolute atomic E-state index is 0.347. The van der Waals surface area contributed by atoms with Crippen LogP contribution in [0.2, 0.25) is 0 Å². The first-order valence-electron chi connectivity index (χ1n) is 31.3. The molecule has 0 radical (unpaired) electrons. The van der Waals surface area contributed by atoms with Gasteiger partial charge >= 0.3 is 22.5 Å². The number of hydrogen-bond acceptors (Lipinski definition) is 19. The molecule has 0 aliphatic carbocycles. The van der Waals surface area contributed by atoms with E-state index in [1.54, 1.807) is 73.3 Å². The van der Waals surface area contributed by atoms with Crippen LogP contribution in [0.5, 0.6) is 40.2 Å². The highest BCUT2D eigenvalue weighted by Crippen LogP contribution is 2.24. The fraction of sp³-hybridized carbons (Fsp3) is 0.270. The molecule has 0 atom stereocenters. The van der Waals surface area contributed by atoms with Crippen molar-refractivity contribution in [3.05, 3.63) is 254 Å². The van der Waals surface area contributed by atoms with Crippen LogP contribution in [-0.2, 0) is 13.0 Å². The smallest absolute Gasteiger partial charge is 0.336 e. The van der Waals surface area contributed by atoms with E-state index in [1.807, 2.05) is 116 Å². The number of fused-ring (bicyclic) bond motifs is 4. The summed E-state index contributed by atoms with van der Waals surface area (Å²) in [6, 6.07) is 46.2. The summed E-state index contributed by atoms with van der Waals surface area (Å²) in [5.74, 6) is 5.15. The summed E-state index contributed by atoms with van der Waals surface area (Å²) in [6.07, 6.45) is 19.1. The maximum absolute atomic E-state index is 11.3. The molecular weight excluding hydrogens is 1200 g/mol. The second-order valence-electron chi connectivity index (χ2n) is 21.5. The molecule has 0 amide bonds. The number of ether oxygens (including phenoxy) is 7. The van der Waals surface area contributed by atoms with Crippen LogP contribution in [0.1, 0.15) is 75.4 Å². The van der Waals surface area contributed by atoms with Gasteiger partial charge in [0.2, 0.25) is 0 Å². The molecule has 0 unspecified atom stereocenters. The molecule has 0 spiro atoms. The summed E-state index contributed by atoms with van der Waals surface area (Å²) in [4.78, 5) is 61.6. The molecule has 20 nitrogen and oxygen atoms in total. The highest BCUT2D eigenvalue weighted by molar-refractivity contribution is 5.80. The lowest BCUT2D eigenvalue weighted by atomic mass is 10.2. The molecule has 94 heavy (non-hydrogen) atoms. The molecule has 486 valence electrons. The summed E-state index contributed by atoms with van der Waals surface area (Å²) in [5.41, 5.74) is 3.75. The number of aromatic nitrogens is 5. The molecule has 0 saturated heterocycles. The van der Waals surface area contributed by atoms with Gasteiger partial charge in [0.15, 0.2) is 0 Å². The number of rotatable bonds is 28. The molecule has 8 heterocycles. The average molecular weight is 1270 g/mol. The van der Waals surface area contributed by atoms with Crippen molar-refractivity contribution in [1.29, 1.82) is 0 Å². The third-order valence-corrected chi connectivity index (χ3v) is 14.2. The molecule has 0 aliphatic rings. The predicted molar refractivity (Wildman–Crippen MR) is 359 cm³/mol. The van der Waals surface area contributed by atoms with Gasteiger partial charge in [-0.25, -0.2) is 24.2 Å². The van der Waals surface area contributed by atoms with E-state index < -0.39 is 0 Å². The van der Waals surface area contributed by atoms with Crippen LogP contribution in [0.25, 0.3) is 43.9 Å². The summed E-state index contributed by atoms with van der Waals surface area (Å²) < 4.78 is 62.3. The van der Waals surface area contributed by atoms with Gasteiger partial charge in [0.25, 0.3) is 0 Å². The van der Waals surface area contributed by atoms with E-state index in [-0.39, 0.29) is 22.5 Å². The lowest BCUT2D eigenvalue weighted by Gasteiger charge is -2.08. The molecule has 0 bridgehead atoms. The lowest BCUT2D eigenvalue weighted by Crippen LogP contribution is -2.05. The number of pyridine rings is 3. The Morgan fingerprint density at radius 1 is 0.351 bits per heavy atom. The van der Waals surface area contributed by atoms with Crippen LogP contribution in [0, 0.1) is 13.8 Å². The highest BCUT2D eigenvalue weighted by atomic mass is 16.5. The molecule has 8 aromatic heterocycles. The third kappa shape index (κ3) is 22.7. The Labute approximate surface area is 542 Å². The van der Waals surface area contributed by atoms with Crippen LogP contribution in [0.4, 0.5) is 0 Å². The van der Waals surface area contributed by atoms with Gasteiger partial charge < -0.3 is 55.4 Å². The molecule has 4 aromatic carbocycles. The van der Waals surface area contributed by atoms with E-state index in [4.69, 9.17) is 50.8 Å². The Hall–Kier alpha value is -11.0. The highest BCUT2D eigenvalue weighted by Gasteiger charge is 2.07. The lowest BCUT2D eigenvalue weighted by molar-refractivity contribution is 0.247. The zero-order valence-electron chi connectivity index (χ0n) is 52.9. The maximum atomic E-state index is 11.3. The van der Waals surface area contributed by atoms with E-state index in [0.29, 0.717) is 85.8 Å². The second-order valence-corrected chi connectivity index (χ2v) is 21.5. The van der Waals surface area contributed by atoms with Crippen LogP contribution in [0.3, 0.4) is 0 Å². The molecule has 0 N–H and O–H groups in total. The average Bonchev–Trinajstić information content (AvgIpc) is 1.12. The van der Waals surface area contributed by atoms with Crippen molar-refractivity contribution in [1.82, 2.24) is 24.5 Å². The zero-order valence-corrected chi connectivity index (χ0v) is 52.9. The van der Waals surface area contributed by atoms with Gasteiger partial charge in [-0.2, -0.15) is 0 Å². The standard InChI is InChI=1S/C21H23NO4.C19H19NO4.C18H17NO4.C16H16N2O3/c1-2-17-8-10-19(15-22-17)25-13-5-3-4-12-24-18-9-6-16-7-11-21(23)26-20(16)14-18;1-14-4-7-17(13-20-14)23-11-3-2-10-22-16-8-5-15-6-9-19(21)24-18(15)12-16;1-13-3-6-16(12-19-13)22-10-2-9-21-15-7-4-14-5-8-18(20)23-17(14)11-15;19-16-6-4-13-3-5-14(11-15(13)21-16)20-10-2-1-8-18-9-7-17-12-18/h6-11,14-15H,2-5,12-13H2,1H3;4-9,12-13H,2-3,10-11H2,1H3;3-8,11-12H,2,9-10H2,1H3;3-7,9,11-12H,1-2,8,10H2. The number of nitrogens with zero attached hydrogens (tertiary/aromatic N) is 5. The van der Waals surface area contributed by atoms with Crippen molar-refractivity contribution >= 4 is 43.9 Å². The van der Waals surface area contributed by atoms with Crippen molar-refractivity contribution in [2.45, 2.75) is 85.1 Å². The Balaban J connectivity index is 0.000000148. The molecule has 0 aliphatic heterocycles. The topological polar surface area (TPSA) is 242 Å². The van der Waals surface area contributed by atoms with Crippen LogP contribution in [-0.4, -0.2) is 70.8 Å². The van der Waals surface area contributed by atoms with Crippen molar-refractivity contribution in [3.63, 3.8) is 0 Å². The Morgan fingerprint density at radius 3 is 1.00 bits per heavy atom. The molecule has 0 saturated carbocycles. The molecular formula is C74H75N5O15. The minimum Gasteiger partial charge on any atom is -0.493 e. The SMILES string of the molecule is CCc1ccc(OCCCCCOc2ccc3ccc(=O)oc3c2)cn1.Cc1ccc(OCCCCOc2ccc3ccc(=O)oc3c2)cn1.Cc1ccc(OCCCOc2ccc3ccc(=O)oc3c2)cn1.O=c1ccc2ccc(OCCCCn3ccnc3)cc2o1. The van der Waals surface area contributed by atoms with Crippen molar-refractivity contribution in [3.8, 4) is 40.2 Å². The Kier molecular flexibility index (Phi) is 25.9. The molecule has 0 fully saturated rings. The van der Waals surface area contributed by atoms with Crippen molar-refractivity contribution < 1.29 is 50.8 Å². The molecule has 12 aromatic rings. The van der Waals surface area contributed by atoms with Crippen LogP contribution >= 0.6 is 0 Å². The Morgan fingerprint density at radius 2 is 0.670 bits per heavy atom. The van der Waals surface area contributed by atoms with E-state index in [9.17, 15) is 19.2 Å². The van der Waals surface area contributed by atoms with Gasteiger partial charge in [-0.15, -0.1) is 0 Å². The molecule has 12 rings (SSSR count). The van der Waals surface area contributed by atoms with E-state index in [0.717, 1.165) is 126 Å². The first-order valence-corrected chi connectivity index (χ1v) is 31.3. The van der Waals surface area contributed by atoms with Gasteiger partial charge in [0, 0.05) is 113 Å². The zero-order chi connectivity index (χ0) is 65.5. The van der Waals surface area contributed by atoms with E-state index in [1.165, 1.54) is 24.3 Å². The number of benzene rings is 4. The van der Waals surface area contributed by atoms with Gasteiger partial charge in [-0.1, -0.05) is 6.92 Å². The third-order valence-electron chi connectivity index (χ3n) is 14.2. The second kappa shape index (κ2) is 36.1. The summed E-state index contributed by atoms with van der Waals surface area (Å²) in [6.45, 7) is 11.1. The minimum atomic E-state index is -0.366. The first-order chi connectivity index (χ1) is 46.0. The van der Waals surface area contributed by atoms with E-state index >= 15 is 0 Å². The van der Waals surface area contributed by atoms with Crippen LogP contribution < -0.4 is 55.7 Å². The summed E-state index contributed by atoms with van der Waals surface area (Å²) in [5, 5.41) is 3.52. The van der Waals surface area contributed by atoms with Gasteiger partial charge in [-0.3, -0.25) is 15.0 Å². The normalized spacial score (nSPS) is 10.8. The van der Waals surface area contributed by atoms with Gasteiger partial charge in [0.05, 0.1) is 71.2 Å². The fourth-order valence-electron chi connectivity index (χ4n) is 9.10.